The molecule has 1 unspecified atom stereocenters. The van der Waals surface area contributed by atoms with Crippen molar-refractivity contribution in [3.8, 4) is 6.07 Å². The Bertz CT molecular complexity index is 271. The lowest BCUT2D eigenvalue weighted by molar-refractivity contribution is -0.143. The Morgan fingerprint density at radius 2 is 2.21 bits per heavy atom. The molecule has 0 spiro atoms. The van der Waals surface area contributed by atoms with E-state index in [1.807, 2.05) is 11.5 Å². The molecule has 0 aliphatic rings. The van der Waals surface area contributed by atoms with Gasteiger partial charge in [-0.15, -0.1) is 0 Å². The van der Waals surface area contributed by atoms with Crippen LogP contribution in [0, 0.1) is 16.7 Å². The molecule has 0 heterocycles. The summed E-state index contributed by atoms with van der Waals surface area (Å²) in [5.74, 6) is -1.27. The van der Waals surface area contributed by atoms with Crippen LogP contribution in [0.4, 0.5) is 0 Å². The van der Waals surface area contributed by atoms with E-state index in [1.165, 1.54) is 6.92 Å². The monoisotopic (exact) mass is 199 g/mol. The Hall–Kier alpha value is -1.61. The molecule has 0 bridgehead atoms. The third-order valence-corrected chi connectivity index (χ3v) is 1.83. The van der Waals surface area contributed by atoms with Crippen LogP contribution in [0.5, 0.6) is 0 Å². The number of nitrogens with zero attached hydrogens (tertiary/aromatic N) is 1. The molecule has 14 heavy (non-hydrogen) atoms. The highest BCUT2D eigenvalue weighted by atomic mass is 16.7. The lowest BCUT2D eigenvalue weighted by Gasteiger charge is -2.17. The van der Waals surface area contributed by atoms with Gasteiger partial charge >= 0.3 is 0 Å². The molecule has 0 aromatic carbocycles. The zero-order chi connectivity index (χ0) is 11.2. The molecule has 78 valence electrons. The second-order valence-electron chi connectivity index (χ2n) is 2.98. The zero-order valence-corrected chi connectivity index (χ0v) is 8.16. The first-order valence-corrected chi connectivity index (χ1v) is 4.08. The smallest absolute Gasteiger partial charge is 0.263 e. The number of hydrogen-bond donors (Lipinski definition) is 2. The summed E-state index contributed by atoms with van der Waals surface area (Å²) in [4.78, 5) is 26.0. The number of rotatable bonds is 5. The topological polar surface area (TPSA) is 105 Å². The summed E-state index contributed by atoms with van der Waals surface area (Å²) in [5, 5.41) is 8.71. The van der Waals surface area contributed by atoms with Crippen molar-refractivity contribution >= 4 is 11.8 Å². The van der Waals surface area contributed by atoms with E-state index < -0.39 is 23.8 Å². The van der Waals surface area contributed by atoms with Crippen molar-refractivity contribution in [1.29, 1.82) is 5.26 Å². The predicted octanol–water partition coefficient (Wildman–Crippen LogP) is -0.541. The molecule has 0 radical (unpaired) electrons. The first-order chi connectivity index (χ1) is 6.46. The molecule has 0 saturated carbocycles. The van der Waals surface area contributed by atoms with Gasteiger partial charge in [-0.25, -0.2) is 5.48 Å². The third kappa shape index (κ3) is 3.41. The molecule has 3 N–H and O–H groups in total. The number of hydroxylamine groups is 1. The van der Waals surface area contributed by atoms with Gasteiger partial charge in [0.05, 0.1) is 6.07 Å². The largest absolute Gasteiger partial charge is 0.368 e. The summed E-state index contributed by atoms with van der Waals surface area (Å²) in [5.41, 5.74) is 5.63. The minimum atomic E-state index is -1.14. The van der Waals surface area contributed by atoms with Crippen molar-refractivity contribution in [3.63, 3.8) is 0 Å². The van der Waals surface area contributed by atoms with Gasteiger partial charge < -0.3 is 5.73 Å². The molecule has 2 amide bonds. The second-order valence-corrected chi connectivity index (χ2v) is 2.98. The maximum absolute atomic E-state index is 11.3. The number of nitriles is 1. The van der Waals surface area contributed by atoms with Crippen molar-refractivity contribution in [2.45, 2.75) is 20.3 Å². The zero-order valence-electron chi connectivity index (χ0n) is 8.16. The van der Waals surface area contributed by atoms with Gasteiger partial charge in [-0.1, -0.05) is 6.92 Å². The molecule has 0 saturated heterocycles. The van der Waals surface area contributed by atoms with Gasteiger partial charge in [-0.3, -0.25) is 14.4 Å². The fourth-order valence-electron chi connectivity index (χ4n) is 0.576. The maximum atomic E-state index is 11.3. The molecule has 6 heteroatoms. The van der Waals surface area contributed by atoms with Gasteiger partial charge in [0.1, 0.15) is 5.41 Å². The second kappa shape index (κ2) is 5.19. The molecule has 6 nitrogen and oxygen atoms in total. The van der Waals surface area contributed by atoms with E-state index in [1.54, 1.807) is 6.92 Å². The third-order valence-electron chi connectivity index (χ3n) is 1.83. The Kier molecular flexibility index (Phi) is 4.59. The van der Waals surface area contributed by atoms with Crippen molar-refractivity contribution in [2.24, 2.45) is 11.1 Å². The van der Waals surface area contributed by atoms with Crippen LogP contribution in [0.3, 0.4) is 0 Å². The SMILES string of the molecule is CCC(C)(C#N)C(=O)NOCC(N)=O. The van der Waals surface area contributed by atoms with Gasteiger partial charge in [0.2, 0.25) is 5.91 Å². The molecule has 0 aliphatic heterocycles. The van der Waals surface area contributed by atoms with Gasteiger partial charge in [0.15, 0.2) is 6.61 Å². The van der Waals surface area contributed by atoms with E-state index in [9.17, 15) is 9.59 Å². The van der Waals surface area contributed by atoms with Crippen LogP contribution in [0.25, 0.3) is 0 Å². The van der Waals surface area contributed by atoms with Crippen LogP contribution in [-0.2, 0) is 14.4 Å². The van der Waals surface area contributed by atoms with E-state index in [2.05, 4.69) is 4.84 Å². The van der Waals surface area contributed by atoms with Crippen molar-refractivity contribution < 1.29 is 14.4 Å². The predicted molar refractivity (Wildman–Crippen MR) is 47.3 cm³/mol. The van der Waals surface area contributed by atoms with E-state index in [4.69, 9.17) is 11.0 Å². The number of hydrogen-bond acceptors (Lipinski definition) is 4. The van der Waals surface area contributed by atoms with E-state index in [0.717, 1.165) is 0 Å². The van der Waals surface area contributed by atoms with Crippen molar-refractivity contribution in [2.75, 3.05) is 6.61 Å². The molecular weight excluding hydrogens is 186 g/mol. The Morgan fingerprint density at radius 1 is 1.64 bits per heavy atom. The molecule has 0 aliphatic carbocycles. The van der Waals surface area contributed by atoms with Crippen LogP contribution in [0.2, 0.25) is 0 Å². The van der Waals surface area contributed by atoms with Crippen molar-refractivity contribution in [1.82, 2.24) is 5.48 Å². The van der Waals surface area contributed by atoms with E-state index in [-0.39, 0.29) is 0 Å². The molecule has 1 atom stereocenters. The summed E-state index contributed by atoms with van der Waals surface area (Å²) in [7, 11) is 0. The summed E-state index contributed by atoms with van der Waals surface area (Å²) < 4.78 is 0. The van der Waals surface area contributed by atoms with Gasteiger partial charge in [0, 0.05) is 0 Å². The molecule has 0 fully saturated rings. The number of nitrogens with two attached hydrogens (primary N) is 1. The summed E-state index contributed by atoms with van der Waals surface area (Å²) >= 11 is 0. The maximum Gasteiger partial charge on any atom is 0.263 e. The average Bonchev–Trinajstić information content (AvgIpc) is 2.15. The molecule has 0 aromatic heterocycles. The first kappa shape index (κ1) is 12.4. The number of carbonyl (C=O) groups excluding carboxylic acids is 2. The minimum Gasteiger partial charge on any atom is -0.368 e. The fourth-order valence-corrected chi connectivity index (χ4v) is 0.576. The standard InChI is InChI=1S/C8H13N3O3/c1-3-8(2,5-9)7(13)11-14-4-6(10)12/h3-4H2,1-2H3,(H2,10,12)(H,11,13). The Balaban J connectivity index is 4.09. The molecule has 0 aromatic rings. The van der Waals surface area contributed by atoms with Gasteiger partial charge in [-0.2, -0.15) is 5.26 Å². The van der Waals surface area contributed by atoms with Crippen LogP contribution >= 0.6 is 0 Å². The quantitative estimate of drug-likeness (QED) is 0.580. The van der Waals surface area contributed by atoms with E-state index >= 15 is 0 Å². The highest BCUT2D eigenvalue weighted by Gasteiger charge is 2.31. The summed E-state index contributed by atoms with van der Waals surface area (Å²) in [6, 6.07) is 1.86. The first-order valence-electron chi connectivity index (χ1n) is 4.08. The lowest BCUT2D eigenvalue weighted by Crippen LogP contribution is -2.39. The molecule has 0 rings (SSSR count). The number of primary amides is 1. The Morgan fingerprint density at radius 3 is 2.57 bits per heavy atom. The summed E-state index contributed by atoms with van der Waals surface area (Å²) in [6.07, 6.45) is 0.356. The minimum absolute atomic E-state index is 0.356. The van der Waals surface area contributed by atoms with Gasteiger partial charge in [-0.05, 0) is 13.3 Å². The fraction of sp³-hybridized carbons (Fsp3) is 0.625. The van der Waals surface area contributed by atoms with Crippen LogP contribution in [-0.4, -0.2) is 18.4 Å². The van der Waals surface area contributed by atoms with Crippen molar-refractivity contribution in [3.05, 3.63) is 0 Å². The normalized spacial score (nSPS) is 13.8. The number of amides is 2. The molecular formula is C8H13N3O3. The van der Waals surface area contributed by atoms with E-state index in [0.29, 0.717) is 6.42 Å². The Labute approximate surface area is 82.0 Å². The lowest BCUT2D eigenvalue weighted by atomic mass is 9.89. The van der Waals surface area contributed by atoms with Gasteiger partial charge in [0.25, 0.3) is 5.91 Å². The highest BCUT2D eigenvalue weighted by Crippen LogP contribution is 2.19. The number of nitrogens with one attached hydrogen (secondary N) is 1. The van der Waals surface area contributed by atoms with Crippen LogP contribution in [0.1, 0.15) is 20.3 Å². The number of carbonyl (C=O) groups is 2. The van der Waals surface area contributed by atoms with Crippen LogP contribution < -0.4 is 11.2 Å². The highest BCUT2D eigenvalue weighted by molar-refractivity contribution is 5.84. The van der Waals surface area contributed by atoms with Crippen LogP contribution in [0.15, 0.2) is 0 Å². The summed E-state index contributed by atoms with van der Waals surface area (Å²) in [6.45, 7) is 2.78. The average molecular weight is 199 g/mol.